The Bertz CT molecular complexity index is 1120. The molecule has 3 aromatic rings. The summed E-state index contributed by atoms with van der Waals surface area (Å²) in [7, 11) is 0. The maximum absolute atomic E-state index is 13.0. The number of amides is 2. The number of para-hydroxylation sites is 1. The number of ether oxygens (including phenoxy) is 1. The van der Waals surface area contributed by atoms with E-state index in [4.69, 9.17) is 4.74 Å². The third-order valence-corrected chi connectivity index (χ3v) is 5.42. The third kappa shape index (κ3) is 6.68. The van der Waals surface area contributed by atoms with Gasteiger partial charge in [-0.3, -0.25) is 9.59 Å². The summed E-state index contributed by atoms with van der Waals surface area (Å²) >= 11 is 1.16. The Hall–Kier alpha value is -3.65. The Balaban J connectivity index is 1.53. The molecule has 0 atom stereocenters. The highest BCUT2D eigenvalue weighted by molar-refractivity contribution is 8.00. The number of hydrogen-bond donors (Lipinski definition) is 2. The second kappa shape index (κ2) is 11.1. The number of halogens is 1. The zero-order chi connectivity index (χ0) is 22.9. The molecule has 164 valence electrons. The van der Waals surface area contributed by atoms with E-state index in [1.165, 1.54) is 24.3 Å². The van der Waals surface area contributed by atoms with Crippen LogP contribution in [0.25, 0.3) is 0 Å². The van der Waals surface area contributed by atoms with Gasteiger partial charge in [0.25, 0.3) is 5.91 Å². The van der Waals surface area contributed by atoms with Crippen molar-refractivity contribution in [2.75, 3.05) is 23.0 Å². The van der Waals surface area contributed by atoms with E-state index in [0.717, 1.165) is 17.3 Å². The van der Waals surface area contributed by atoms with Crippen LogP contribution in [0, 0.1) is 12.7 Å². The van der Waals surface area contributed by atoms with Crippen molar-refractivity contribution in [3.05, 3.63) is 89.7 Å². The first-order valence-electron chi connectivity index (χ1n) is 9.72. The lowest BCUT2D eigenvalue weighted by atomic mass is 10.2. The largest absolute Gasteiger partial charge is 0.452 e. The Morgan fingerprint density at radius 1 is 0.875 bits per heavy atom. The average Bonchev–Trinajstić information content (AvgIpc) is 2.79. The topological polar surface area (TPSA) is 84.5 Å². The molecular formula is C24H21FN2O4S. The minimum absolute atomic E-state index is 0.0371. The third-order valence-electron chi connectivity index (χ3n) is 4.35. The Labute approximate surface area is 189 Å². The van der Waals surface area contributed by atoms with E-state index in [1.54, 1.807) is 36.4 Å². The van der Waals surface area contributed by atoms with Crippen LogP contribution in [-0.4, -0.2) is 30.1 Å². The predicted octanol–water partition coefficient (Wildman–Crippen LogP) is 4.66. The fraction of sp³-hybridized carbons (Fsp3) is 0.125. The lowest BCUT2D eigenvalue weighted by Gasteiger charge is -2.11. The van der Waals surface area contributed by atoms with Crippen molar-refractivity contribution < 1.29 is 23.5 Å². The van der Waals surface area contributed by atoms with Gasteiger partial charge in [-0.05, 0) is 55.0 Å². The molecule has 32 heavy (non-hydrogen) atoms. The fourth-order valence-electron chi connectivity index (χ4n) is 2.74. The van der Waals surface area contributed by atoms with Gasteiger partial charge in [-0.2, -0.15) is 0 Å². The van der Waals surface area contributed by atoms with Crippen molar-refractivity contribution in [3.63, 3.8) is 0 Å². The molecule has 0 aromatic heterocycles. The monoisotopic (exact) mass is 452 g/mol. The van der Waals surface area contributed by atoms with Crippen LogP contribution in [0.1, 0.15) is 15.9 Å². The molecule has 0 spiro atoms. The Kier molecular flexibility index (Phi) is 7.99. The second-order valence-electron chi connectivity index (χ2n) is 6.78. The van der Waals surface area contributed by atoms with E-state index < -0.39 is 24.3 Å². The highest BCUT2D eigenvalue weighted by Crippen LogP contribution is 2.24. The van der Waals surface area contributed by atoms with Crippen molar-refractivity contribution in [2.24, 2.45) is 0 Å². The first-order chi connectivity index (χ1) is 15.4. The molecule has 6 nitrogen and oxygen atoms in total. The molecule has 0 saturated carbocycles. The standard InChI is InChI=1S/C24H21FN2O4S/c1-16-6-2-4-8-20(16)27-22(28)14-31-24(30)19-7-3-5-9-21(19)32-15-23(29)26-18-12-10-17(25)11-13-18/h2-13H,14-15H2,1H3,(H,26,29)(H,27,28). The predicted molar refractivity (Wildman–Crippen MR) is 122 cm³/mol. The lowest BCUT2D eigenvalue weighted by Crippen LogP contribution is -2.21. The molecular weight excluding hydrogens is 431 g/mol. The van der Waals surface area contributed by atoms with Crippen molar-refractivity contribution in [2.45, 2.75) is 11.8 Å². The summed E-state index contributed by atoms with van der Waals surface area (Å²) in [5.41, 5.74) is 2.28. The molecule has 0 heterocycles. The molecule has 2 N–H and O–H groups in total. The highest BCUT2D eigenvalue weighted by atomic mass is 32.2. The molecule has 0 aliphatic rings. The molecule has 3 rings (SSSR count). The van der Waals surface area contributed by atoms with E-state index in [2.05, 4.69) is 10.6 Å². The molecule has 0 saturated heterocycles. The smallest absolute Gasteiger partial charge is 0.339 e. The van der Waals surface area contributed by atoms with Crippen molar-refractivity contribution >= 4 is 40.9 Å². The summed E-state index contributed by atoms with van der Waals surface area (Å²) in [5.74, 6) is -1.77. The molecule has 0 bridgehead atoms. The first kappa shape index (κ1) is 23.0. The minimum atomic E-state index is -0.660. The maximum Gasteiger partial charge on any atom is 0.339 e. The van der Waals surface area contributed by atoms with Crippen LogP contribution < -0.4 is 10.6 Å². The van der Waals surface area contributed by atoms with Gasteiger partial charge in [-0.15, -0.1) is 11.8 Å². The molecule has 0 unspecified atom stereocenters. The number of carbonyl (C=O) groups is 3. The summed E-state index contributed by atoms with van der Waals surface area (Å²) in [6.07, 6.45) is 0. The summed E-state index contributed by atoms with van der Waals surface area (Å²) in [6, 6.07) is 19.4. The Morgan fingerprint density at radius 2 is 1.56 bits per heavy atom. The number of hydrogen-bond acceptors (Lipinski definition) is 5. The van der Waals surface area contributed by atoms with Gasteiger partial charge >= 0.3 is 5.97 Å². The van der Waals surface area contributed by atoms with E-state index in [-0.39, 0.29) is 17.2 Å². The van der Waals surface area contributed by atoms with Crippen LogP contribution in [0.4, 0.5) is 15.8 Å². The number of anilines is 2. The quantitative estimate of drug-likeness (QED) is 0.384. The van der Waals surface area contributed by atoms with Crippen molar-refractivity contribution in [1.29, 1.82) is 0 Å². The number of carbonyl (C=O) groups excluding carboxylic acids is 3. The molecule has 3 aromatic carbocycles. The van der Waals surface area contributed by atoms with Gasteiger partial charge in [-0.25, -0.2) is 9.18 Å². The van der Waals surface area contributed by atoms with E-state index in [9.17, 15) is 18.8 Å². The highest BCUT2D eigenvalue weighted by Gasteiger charge is 2.16. The van der Waals surface area contributed by atoms with Gasteiger partial charge in [0, 0.05) is 16.3 Å². The van der Waals surface area contributed by atoms with E-state index in [0.29, 0.717) is 16.3 Å². The summed E-state index contributed by atoms with van der Waals surface area (Å²) in [6.45, 7) is 1.43. The molecule has 0 aliphatic carbocycles. The van der Waals surface area contributed by atoms with Gasteiger partial charge in [-0.1, -0.05) is 30.3 Å². The van der Waals surface area contributed by atoms with Crippen LogP contribution in [0.5, 0.6) is 0 Å². The summed E-state index contributed by atoms with van der Waals surface area (Å²) in [4.78, 5) is 37.4. The first-order valence-corrected chi connectivity index (χ1v) is 10.7. The van der Waals surface area contributed by atoms with E-state index in [1.807, 2.05) is 19.1 Å². The normalized spacial score (nSPS) is 10.3. The van der Waals surface area contributed by atoms with Gasteiger partial charge < -0.3 is 15.4 Å². The zero-order valence-electron chi connectivity index (χ0n) is 17.3. The summed E-state index contributed by atoms with van der Waals surface area (Å²) < 4.78 is 18.1. The number of rotatable bonds is 8. The fourth-order valence-corrected chi connectivity index (χ4v) is 3.58. The van der Waals surface area contributed by atoms with Crippen LogP contribution in [0.2, 0.25) is 0 Å². The van der Waals surface area contributed by atoms with Gasteiger partial charge in [0.2, 0.25) is 5.91 Å². The SMILES string of the molecule is Cc1ccccc1NC(=O)COC(=O)c1ccccc1SCC(=O)Nc1ccc(F)cc1. The zero-order valence-corrected chi connectivity index (χ0v) is 18.1. The van der Waals surface area contributed by atoms with Crippen LogP contribution in [0.3, 0.4) is 0 Å². The van der Waals surface area contributed by atoms with Gasteiger partial charge in [0.15, 0.2) is 6.61 Å². The average molecular weight is 453 g/mol. The molecule has 8 heteroatoms. The lowest BCUT2D eigenvalue weighted by molar-refractivity contribution is -0.119. The Morgan fingerprint density at radius 3 is 2.31 bits per heavy atom. The number of thioether (sulfide) groups is 1. The van der Waals surface area contributed by atoms with Gasteiger partial charge in [0.05, 0.1) is 11.3 Å². The number of aryl methyl sites for hydroxylation is 1. The van der Waals surface area contributed by atoms with Crippen LogP contribution in [-0.2, 0) is 14.3 Å². The number of nitrogens with one attached hydrogen (secondary N) is 2. The van der Waals surface area contributed by atoms with Gasteiger partial charge in [0.1, 0.15) is 5.82 Å². The van der Waals surface area contributed by atoms with Crippen molar-refractivity contribution in [1.82, 2.24) is 0 Å². The summed E-state index contributed by atoms with van der Waals surface area (Å²) in [5, 5.41) is 5.36. The number of esters is 1. The molecule has 0 fully saturated rings. The molecule has 0 radical (unpaired) electrons. The van der Waals surface area contributed by atoms with Crippen molar-refractivity contribution in [3.8, 4) is 0 Å². The van der Waals surface area contributed by atoms with E-state index >= 15 is 0 Å². The van der Waals surface area contributed by atoms with Crippen LogP contribution >= 0.6 is 11.8 Å². The molecule has 2 amide bonds. The maximum atomic E-state index is 13.0. The minimum Gasteiger partial charge on any atom is -0.452 e. The number of benzene rings is 3. The molecule has 0 aliphatic heterocycles. The van der Waals surface area contributed by atoms with Crippen LogP contribution in [0.15, 0.2) is 77.7 Å². The second-order valence-corrected chi connectivity index (χ2v) is 7.80.